The van der Waals surface area contributed by atoms with E-state index in [-0.39, 0.29) is 6.04 Å². The number of H-pyrrole nitrogens is 1. The fourth-order valence-corrected chi connectivity index (χ4v) is 4.10. The molecule has 1 saturated carbocycles. The van der Waals surface area contributed by atoms with E-state index in [1.165, 1.54) is 12.8 Å². The van der Waals surface area contributed by atoms with Crippen molar-refractivity contribution in [1.29, 1.82) is 0 Å². The summed E-state index contributed by atoms with van der Waals surface area (Å²) >= 11 is 0. The highest BCUT2D eigenvalue weighted by atomic mass is 15.3. The maximum Gasteiger partial charge on any atom is 0.165 e. The Morgan fingerprint density at radius 2 is 1.96 bits per heavy atom. The minimum Gasteiger partial charge on any atom is -0.344 e. The highest BCUT2D eigenvalue weighted by Gasteiger charge is 2.33. The molecule has 0 radical (unpaired) electrons. The van der Waals surface area contributed by atoms with Crippen LogP contribution in [0, 0.1) is 0 Å². The second-order valence-electron chi connectivity index (χ2n) is 7.24. The zero-order chi connectivity index (χ0) is 17.1. The Labute approximate surface area is 150 Å². The summed E-state index contributed by atoms with van der Waals surface area (Å²) < 4.78 is 2.20. The third-order valence-corrected chi connectivity index (χ3v) is 5.53. The third-order valence-electron chi connectivity index (χ3n) is 5.53. The molecule has 0 bridgehead atoms. The molecule has 1 N–H and O–H groups in total. The van der Waals surface area contributed by atoms with E-state index < -0.39 is 0 Å². The van der Waals surface area contributed by atoms with Crippen molar-refractivity contribution in [3.8, 4) is 0 Å². The molecule has 1 aromatic carbocycles. The van der Waals surface area contributed by atoms with Crippen LogP contribution in [0.4, 0.5) is 5.82 Å². The van der Waals surface area contributed by atoms with Gasteiger partial charge in [0.2, 0.25) is 0 Å². The van der Waals surface area contributed by atoms with E-state index in [0.717, 1.165) is 53.2 Å². The SMILES string of the molecule is c1ccc2[nH]c(C3CCCN3c3ncnc4c3ncn4C3CC3)nc2c1. The van der Waals surface area contributed by atoms with Crippen molar-refractivity contribution in [2.45, 2.75) is 37.8 Å². The van der Waals surface area contributed by atoms with Gasteiger partial charge >= 0.3 is 0 Å². The zero-order valence-electron chi connectivity index (χ0n) is 14.3. The molecule has 2 aliphatic rings. The lowest BCUT2D eigenvalue weighted by Crippen LogP contribution is -2.24. The number of nitrogens with zero attached hydrogens (tertiary/aromatic N) is 6. The molecule has 0 spiro atoms. The maximum atomic E-state index is 4.83. The first-order valence-electron chi connectivity index (χ1n) is 9.27. The zero-order valence-corrected chi connectivity index (χ0v) is 14.3. The van der Waals surface area contributed by atoms with Gasteiger partial charge in [0.1, 0.15) is 12.2 Å². The van der Waals surface area contributed by atoms with Crippen LogP contribution in [0.25, 0.3) is 22.2 Å². The Balaban J connectivity index is 1.44. The smallest absolute Gasteiger partial charge is 0.165 e. The van der Waals surface area contributed by atoms with E-state index >= 15 is 0 Å². The molecule has 1 saturated heterocycles. The van der Waals surface area contributed by atoms with Gasteiger partial charge < -0.3 is 14.5 Å². The van der Waals surface area contributed by atoms with Crippen LogP contribution in [0.2, 0.25) is 0 Å². The maximum absolute atomic E-state index is 4.83. The van der Waals surface area contributed by atoms with Crippen molar-refractivity contribution >= 4 is 28.0 Å². The van der Waals surface area contributed by atoms with Crippen LogP contribution < -0.4 is 4.90 Å². The number of aromatic nitrogens is 6. The van der Waals surface area contributed by atoms with Gasteiger partial charge in [-0.3, -0.25) is 0 Å². The summed E-state index contributed by atoms with van der Waals surface area (Å²) in [7, 11) is 0. The van der Waals surface area contributed by atoms with E-state index in [4.69, 9.17) is 4.98 Å². The number of aromatic amines is 1. The van der Waals surface area contributed by atoms with E-state index in [9.17, 15) is 0 Å². The monoisotopic (exact) mass is 345 g/mol. The number of rotatable bonds is 3. The van der Waals surface area contributed by atoms with Gasteiger partial charge in [-0.1, -0.05) is 12.1 Å². The largest absolute Gasteiger partial charge is 0.344 e. The molecule has 2 fully saturated rings. The molecule has 1 aliphatic heterocycles. The quantitative estimate of drug-likeness (QED) is 0.616. The second-order valence-corrected chi connectivity index (χ2v) is 7.24. The highest BCUT2D eigenvalue weighted by molar-refractivity contribution is 5.84. The van der Waals surface area contributed by atoms with Gasteiger partial charge in [0.25, 0.3) is 0 Å². The van der Waals surface area contributed by atoms with Crippen LogP contribution in [0.15, 0.2) is 36.9 Å². The molecule has 4 aromatic rings. The molecule has 130 valence electrons. The lowest BCUT2D eigenvalue weighted by atomic mass is 10.2. The molecule has 3 aromatic heterocycles. The van der Waals surface area contributed by atoms with Crippen LogP contribution in [0.3, 0.4) is 0 Å². The van der Waals surface area contributed by atoms with Crippen LogP contribution in [0.1, 0.15) is 43.6 Å². The number of hydrogen-bond acceptors (Lipinski definition) is 5. The van der Waals surface area contributed by atoms with E-state index in [2.05, 4.69) is 41.5 Å². The first-order valence-corrected chi connectivity index (χ1v) is 9.27. The molecule has 4 heterocycles. The lowest BCUT2D eigenvalue weighted by Gasteiger charge is -2.24. The summed E-state index contributed by atoms with van der Waals surface area (Å²) in [5.41, 5.74) is 3.95. The van der Waals surface area contributed by atoms with Gasteiger partial charge in [-0.05, 0) is 37.8 Å². The summed E-state index contributed by atoms with van der Waals surface area (Å²) in [6, 6.07) is 8.95. The van der Waals surface area contributed by atoms with Crippen molar-refractivity contribution in [2.24, 2.45) is 0 Å². The molecule has 7 nitrogen and oxygen atoms in total. The Morgan fingerprint density at radius 3 is 2.85 bits per heavy atom. The Kier molecular flexibility index (Phi) is 2.88. The van der Waals surface area contributed by atoms with Crippen LogP contribution in [0.5, 0.6) is 0 Å². The van der Waals surface area contributed by atoms with Gasteiger partial charge in [0.05, 0.1) is 23.4 Å². The van der Waals surface area contributed by atoms with Crippen LogP contribution in [-0.2, 0) is 0 Å². The van der Waals surface area contributed by atoms with Crippen LogP contribution >= 0.6 is 0 Å². The number of hydrogen-bond donors (Lipinski definition) is 1. The van der Waals surface area contributed by atoms with Crippen molar-refractivity contribution in [2.75, 3.05) is 11.4 Å². The van der Waals surface area contributed by atoms with E-state index in [1.807, 2.05) is 18.5 Å². The normalized spacial score (nSPS) is 20.5. The molecule has 1 unspecified atom stereocenters. The van der Waals surface area contributed by atoms with Gasteiger partial charge in [-0.2, -0.15) is 0 Å². The first kappa shape index (κ1) is 14.2. The van der Waals surface area contributed by atoms with Gasteiger partial charge in [-0.15, -0.1) is 0 Å². The lowest BCUT2D eigenvalue weighted by molar-refractivity contribution is 0.673. The molecule has 1 atom stereocenters. The van der Waals surface area contributed by atoms with Gasteiger partial charge in [-0.25, -0.2) is 19.9 Å². The molecular formula is C19H19N7. The summed E-state index contributed by atoms with van der Waals surface area (Å²) in [4.78, 5) is 24.4. The summed E-state index contributed by atoms with van der Waals surface area (Å²) in [6.07, 6.45) is 8.22. The Morgan fingerprint density at radius 1 is 1.04 bits per heavy atom. The minimum absolute atomic E-state index is 0.201. The number of benzene rings is 1. The van der Waals surface area contributed by atoms with Crippen LogP contribution in [-0.4, -0.2) is 36.0 Å². The molecule has 6 rings (SSSR count). The first-order chi connectivity index (χ1) is 12.9. The fraction of sp³-hybridized carbons (Fsp3) is 0.368. The Hall–Kier alpha value is -2.96. The highest BCUT2D eigenvalue weighted by Crippen LogP contribution is 2.40. The standard InChI is InChI=1S/C19H19N7/c1-2-5-14-13(4-1)23-17(24-14)15-6-3-9-25(15)18-16-19(21-10-20-18)26(11-22-16)12-7-8-12/h1-2,4-5,10-12,15H,3,6-9H2,(H,23,24). The Bertz CT molecular complexity index is 1070. The van der Waals surface area contributed by atoms with Crippen molar-refractivity contribution in [3.63, 3.8) is 0 Å². The minimum atomic E-state index is 0.201. The number of nitrogens with one attached hydrogen (secondary N) is 1. The predicted molar refractivity (Wildman–Crippen MR) is 99.0 cm³/mol. The summed E-state index contributed by atoms with van der Waals surface area (Å²) in [6.45, 7) is 0.962. The van der Waals surface area contributed by atoms with Gasteiger partial charge in [0.15, 0.2) is 17.0 Å². The topological polar surface area (TPSA) is 75.5 Å². The van der Waals surface area contributed by atoms with Crippen molar-refractivity contribution < 1.29 is 0 Å². The number of para-hydroxylation sites is 2. The van der Waals surface area contributed by atoms with Crippen molar-refractivity contribution in [1.82, 2.24) is 29.5 Å². The summed E-state index contributed by atoms with van der Waals surface area (Å²) in [5, 5.41) is 0. The molecular weight excluding hydrogens is 326 g/mol. The van der Waals surface area contributed by atoms with Gasteiger partial charge in [0, 0.05) is 12.6 Å². The average Bonchev–Trinajstić information content (AvgIpc) is 3.11. The third kappa shape index (κ3) is 2.06. The fourth-order valence-electron chi connectivity index (χ4n) is 4.10. The second kappa shape index (κ2) is 5.27. The van der Waals surface area contributed by atoms with E-state index in [0.29, 0.717) is 6.04 Å². The van der Waals surface area contributed by atoms with E-state index in [1.54, 1.807) is 6.33 Å². The molecule has 7 heteroatoms. The number of fused-ring (bicyclic) bond motifs is 2. The number of anilines is 1. The molecule has 1 aliphatic carbocycles. The molecule has 0 amide bonds. The number of imidazole rings is 2. The average molecular weight is 345 g/mol. The molecule has 26 heavy (non-hydrogen) atoms. The predicted octanol–water partition coefficient (Wildman–Crippen LogP) is 3.38. The van der Waals surface area contributed by atoms with Crippen molar-refractivity contribution in [3.05, 3.63) is 42.7 Å². The summed E-state index contributed by atoms with van der Waals surface area (Å²) in [5.74, 6) is 1.94.